The number of para-hydroxylation sites is 7. The van der Waals surface area contributed by atoms with Crippen molar-refractivity contribution in [2.24, 2.45) is 0 Å². The van der Waals surface area contributed by atoms with Gasteiger partial charge in [-0.05, 0) is 94.7 Å². The van der Waals surface area contributed by atoms with Crippen LogP contribution in [0.2, 0.25) is 0 Å². The smallest absolute Gasteiger partial charge is 0.146 e. The molecule has 0 saturated carbocycles. The lowest BCUT2D eigenvalue weighted by atomic mass is 9.95. The fourth-order valence-corrected chi connectivity index (χ4v) is 13.6. The normalized spacial score (nSPS) is 12.6. The van der Waals surface area contributed by atoms with Crippen molar-refractivity contribution in [1.82, 2.24) is 22.9 Å². The molecule has 0 radical (unpaired) electrons. The number of rotatable bonds is 4. The fourth-order valence-electron chi connectivity index (χ4n) is 13.6. The molecule has 0 saturated heterocycles. The van der Waals surface area contributed by atoms with Crippen LogP contribution >= 0.6 is 0 Å². The molecule has 7 heterocycles. The second kappa shape index (κ2) is 13.9. The quantitative estimate of drug-likeness (QED) is 0.173. The highest BCUT2D eigenvalue weighted by Crippen LogP contribution is 2.49. The molecular weight excluding hydrogens is 899 g/mol. The average Bonchev–Trinajstić information content (AvgIpc) is 4.31. The Labute approximate surface area is 421 Å². The highest BCUT2D eigenvalue weighted by atomic mass is 15.0. The predicted molar refractivity (Wildman–Crippen MR) is 311 cm³/mol. The SMILES string of the molecule is c1ccc(-n2c3ccccc3c3cc(-c4cc5ccccc5c5c6cccc7c8nc9c(cc8n(c45)c76)c4cccc5c6cccc(-c7ccc8c(c7)c7ccccc7n8-c7ccccc7)c6n9c45)ccc32)cc1. The molecule has 0 unspecified atom stereocenters. The molecule has 18 rings (SSSR count). The standard InChI is InChI=1S/C69H39N5/c1-3-17-43(18-4-1)71-58-30-11-9-22-47(58)55-37-41(32-34-60(55)71)46-24-13-25-49-50-26-14-27-51-57-39-62-64(70-69(57)74(65(46)49)66(50)51)53-29-15-28-52-63-45-21-8-7-16-40(45)36-54(68(63)73(62)67(52)53)42-33-35-61-56(38-42)48-23-10-12-31-59(48)72(61)44-19-5-2-6-20-44/h1-39H. The molecular formula is C69H39N5. The van der Waals surface area contributed by atoms with Crippen molar-refractivity contribution < 1.29 is 0 Å². The maximum absolute atomic E-state index is 5.88. The van der Waals surface area contributed by atoms with Crippen LogP contribution in [-0.4, -0.2) is 22.9 Å². The molecule has 0 atom stereocenters. The van der Waals surface area contributed by atoms with Crippen LogP contribution in [0.4, 0.5) is 0 Å². The highest BCUT2D eigenvalue weighted by Gasteiger charge is 2.27. The lowest BCUT2D eigenvalue weighted by Crippen LogP contribution is -1.93. The Morgan fingerprint density at radius 2 is 0.770 bits per heavy atom. The topological polar surface area (TPSA) is 31.6 Å². The third kappa shape index (κ3) is 4.82. The summed E-state index contributed by atoms with van der Waals surface area (Å²) in [5, 5.41) is 16.0. The van der Waals surface area contributed by atoms with Crippen LogP contribution < -0.4 is 0 Å². The molecule has 0 N–H and O–H groups in total. The Kier molecular flexibility index (Phi) is 7.28. The van der Waals surface area contributed by atoms with E-state index in [0.717, 1.165) is 38.8 Å². The van der Waals surface area contributed by atoms with E-state index < -0.39 is 0 Å². The zero-order valence-corrected chi connectivity index (χ0v) is 39.8. The predicted octanol–water partition coefficient (Wildman–Crippen LogP) is 18.1. The Morgan fingerprint density at radius 3 is 1.45 bits per heavy atom. The van der Waals surface area contributed by atoms with Gasteiger partial charge in [0.1, 0.15) is 5.65 Å². The van der Waals surface area contributed by atoms with E-state index in [4.69, 9.17) is 4.98 Å². The van der Waals surface area contributed by atoms with E-state index in [2.05, 4.69) is 255 Å². The Morgan fingerprint density at radius 1 is 0.270 bits per heavy atom. The molecule has 340 valence electrons. The van der Waals surface area contributed by atoms with Gasteiger partial charge in [-0.25, -0.2) is 4.98 Å². The van der Waals surface area contributed by atoms with E-state index in [-0.39, 0.29) is 0 Å². The number of aromatic nitrogens is 5. The van der Waals surface area contributed by atoms with Crippen LogP contribution in [0, 0.1) is 0 Å². The van der Waals surface area contributed by atoms with Crippen molar-refractivity contribution in [1.29, 1.82) is 0 Å². The summed E-state index contributed by atoms with van der Waals surface area (Å²) in [5.41, 5.74) is 19.8. The van der Waals surface area contributed by atoms with Crippen molar-refractivity contribution in [2.75, 3.05) is 0 Å². The Balaban J connectivity index is 0.924. The maximum Gasteiger partial charge on any atom is 0.146 e. The molecule has 5 nitrogen and oxygen atoms in total. The summed E-state index contributed by atoms with van der Waals surface area (Å²) in [6, 6.07) is 87.5. The maximum atomic E-state index is 5.88. The summed E-state index contributed by atoms with van der Waals surface area (Å²) >= 11 is 0. The monoisotopic (exact) mass is 937 g/mol. The number of benzene rings is 11. The molecule has 0 amide bonds. The second-order valence-electron chi connectivity index (χ2n) is 20.2. The van der Waals surface area contributed by atoms with Crippen LogP contribution in [0.15, 0.2) is 237 Å². The molecule has 0 bridgehead atoms. The number of pyridine rings is 1. The first-order chi connectivity index (χ1) is 36.7. The number of nitrogens with zero attached hydrogens (tertiary/aromatic N) is 5. The van der Waals surface area contributed by atoms with Crippen molar-refractivity contribution in [3.05, 3.63) is 237 Å². The molecule has 0 aliphatic heterocycles. The minimum atomic E-state index is 0.983. The summed E-state index contributed by atoms with van der Waals surface area (Å²) in [6.07, 6.45) is 0. The van der Waals surface area contributed by atoms with Gasteiger partial charge in [0.2, 0.25) is 0 Å². The van der Waals surface area contributed by atoms with Gasteiger partial charge >= 0.3 is 0 Å². The van der Waals surface area contributed by atoms with E-state index >= 15 is 0 Å². The van der Waals surface area contributed by atoms with Gasteiger partial charge in [-0.15, -0.1) is 0 Å². The Bertz CT molecular complexity index is 5420. The van der Waals surface area contributed by atoms with Gasteiger partial charge in [-0.3, -0.25) is 4.40 Å². The largest absolute Gasteiger partial charge is 0.309 e. The summed E-state index contributed by atoms with van der Waals surface area (Å²) in [7, 11) is 0. The molecule has 5 heteroatoms. The zero-order chi connectivity index (χ0) is 47.9. The van der Waals surface area contributed by atoms with Crippen molar-refractivity contribution in [3.63, 3.8) is 0 Å². The summed E-state index contributed by atoms with van der Waals surface area (Å²) in [5.74, 6) is 0. The first-order valence-corrected chi connectivity index (χ1v) is 25.5. The lowest BCUT2D eigenvalue weighted by molar-refractivity contribution is 1.18. The molecule has 0 aliphatic rings. The van der Waals surface area contributed by atoms with Crippen LogP contribution in [-0.2, 0) is 0 Å². The molecule has 74 heavy (non-hydrogen) atoms. The first-order valence-electron chi connectivity index (χ1n) is 25.5. The minimum absolute atomic E-state index is 0.983. The summed E-state index contributed by atoms with van der Waals surface area (Å²) < 4.78 is 9.83. The van der Waals surface area contributed by atoms with E-state index in [1.54, 1.807) is 0 Å². The van der Waals surface area contributed by atoms with Gasteiger partial charge in [0, 0.05) is 81.8 Å². The molecule has 0 fully saturated rings. The number of hydrogen-bond donors (Lipinski definition) is 0. The average molecular weight is 938 g/mol. The van der Waals surface area contributed by atoms with E-state index in [1.165, 1.54) is 126 Å². The second-order valence-corrected chi connectivity index (χ2v) is 20.2. The van der Waals surface area contributed by atoms with Gasteiger partial charge in [-0.1, -0.05) is 164 Å². The zero-order valence-electron chi connectivity index (χ0n) is 39.8. The molecule has 11 aromatic carbocycles. The Hall–Kier alpha value is -9.97. The van der Waals surface area contributed by atoms with Crippen molar-refractivity contribution in [3.8, 4) is 33.6 Å². The molecule has 18 aromatic rings. The summed E-state index contributed by atoms with van der Waals surface area (Å²) in [6.45, 7) is 0. The van der Waals surface area contributed by atoms with Crippen LogP contribution in [0.25, 0.3) is 164 Å². The number of fused-ring (bicyclic) bond motifs is 20. The highest BCUT2D eigenvalue weighted by molar-refractivity contribution is 6.32. The summed E-state index contributed by atoms with van der Waals surface area (Å²) in [4.78, 5) is 5.88. The molecule has 0 aliphatic carbocycles. The minimum Gasteiger partial charge on any atom is -0.309 e. The molecule has 0 spiro atoms. The number of hydrogen-bond acceptors (Lipinski definition) is 1. The van der Waals surface area contributed by atoms with Crippen LogP contribution in [0.3, 0.4) is 0 Å². The van der Waals surface area contributed by atoms with Gasteiger partial charge in [0.05, 0.1) is 55.2 Å². The first kappa shape index (κ1) is 38.7. The molecule has 7 aromatic heterocycles. The third-order valence-electron chi connectivity index (χ3n) is 16.6. The third-order valence-corrected chi connectivity index (χ3v) is 16.6. The fraction of sp³-hybridized carbons (Fsp3) is 0. The van der Waals surface area contributed by atoms with Crippen molar-refractivity contribution >= 4 is 131 Å². The van der Waals surface area contributed by atoms with E-state index in [1.807, 2.05) is 0 Å². The lowest BCUT2D eigenvalue weighted by Gasteiger charge is -2.11. The van der Waals surface area contributed by atoms with Gasteiger partial charge in [0.25, 0.3) is 0 Å². The van der Waals surface area contributed by atoms with Crippen molar-refractivity contribution in [2.45, 2.75) is 0 Å². The van der Waals surface area contributed by atoms with Crippen LogP contribution in [0.5, 0.6) is 0 Å². The van der Waals surface area contributed by atoms with Gasteiger partial charge < -0.3 is 13.5 Å². The van der Waals surface area contributed by atoms with E-state index in [9.17, 15) is 0 Å². The van der Waals surface area contributed by atoms with Gasteiger partial charge in [0.15, 0.2) is 0 Å². The van der Waals surface area contributed by atoms with E-state index in [0.29, 0.717) is 0 Å². The van der Waals surface area contributed by atoms with Crippen LogP contribution in [0.1, 0.15) is 0 Å². The van der Waals surface area contributed by atoms with Gasteiger partial charge in [-0.2, -0.15) is 0 Å².